The smallest absolute Gasteiger partial charge is 0.222 e. The molecule has 1 unspecified atom stereocenters. The zero-order valence-corrected chi connectivity index (χ0v) is 9.80. The molecule has 0 aromatic carbocycles. The quantitative estimate of drug-likeness (QED) is 0.738. The summed E-state index contributed by atoms with van der Waals surface area (Å²) in [6.07, 6.45) is 3.53. The maximum absolute atomic E-state index is 11.3. The van der Waals surface area contributed by atoms with Gasteiger partial charge < -0.3 is 14.5 Å². The average Bonchev–Trinajstić information content (AvgIpc) is 2.50. The minimum absolute atomic E-state index is 0.227. The minimum atomic E-state index is 0.227. The van der Waals surface area contributed by atoms with Gasteiger partial charge in [-0.1, -0.05) is 0 Å². The van der Waals surface area contributed by atoms with Crippen LogP contribution in [0.2, 0.25) is 0 Å². The normalized spacial score (nSPS) is 22.1. The van der Waals surface area contributed by atoms with Crippen LogP contribution in [0, 0.1) is 11.7 Å². The molecule has 1 fully saturated rings. The predicted molar refractivity (Wildman–Crippen MR) is 60.3 cm³/mol. The molecule has 82 valence electrons. The van der Waals surface area contributed by atoms with Gasteiger partial charge in [-0.15, -0.1) is 0 Å². The van der Waals surface area contributed by atoms with Crippen LogP contribution in [0.3, 0.4) is 0 Å². The van der Waals surface area contributed by atoms with Crippen LogP contribution in [0.15, 0.2) is 6.20 Å². The third-order valence-corrected chi connectivity index (χ3v) is 3.18. The Labute approximate surface area is 93.9 Å². The van der Waals surface area contributed by atoms with Gasteiger partial charge in [0, 0.05) is 31.9 Å². The summed E-state index contributed by atoms with van der Waals surface area (Å²) in [7, 11) is 1.84. The lowest BCUT2D eigenvalue weighted by atomic mass is 10.1. The Morgan fingerprint density at radius 1 is 1.60 bits per heavy atom. The number of aromatic nitrogens is 2. The van der Waals surface area contributed by atoms with Crippen LogP contribution in [0.25, 0.3) is 0 Å². The molecule has 1 atom stereocenters. The second kappa shape index (κ2) is 3.81. The Kier molecular flexibility index (Phi) is 2.65. The zero-order chi connectivity index (χ0) is 11.0. The van der Waals surface area contributed by atoms with E-state index in [-0.39, 0.29) is 5.91 Å². The Morgan fingerprint density at radius 2 is 2.33 bits per heavy atom. The second-order valence-electron chi connectivity index (χ2n) is 4.12. The monoisotopic (exact) mass is 225 g/mol. The molecule has 0 bridgehead atoms. The van der Waals surface area contributed by atoms with Gasteiger partial charge in [0.2, 0.25) is 5.91 Å². The standard InChI is InChI=1S/C10H15N3OS/c1-7-5-13(10(15)11-7)8-3-4-9(14)12(2)6-8/h5,8H,3-4,6H2,1-2H3,(H,11,15). The molecule has 1 aliphatic heterocycles. The minimum Gasteiger partial charge on any atom is -0.344 e. The van der Waals surface area contributed by atoms with Gasteiger partial charge in [-0.25, -0.2) is 0 Å². The van der Waals surface area contributed by atoms with Crippen molar-refractivity contribution in [2.45, 2.75) is 25.8 Å². The largest absolute Gasteiger partial charge is 0.344 e. The first-order chi connectivity index (χ1) is 7.08. The molecule has 2 heterocycles. The molecule has 1 aromatic rings. The molecular formula is C10H15N3OS. The SMILES string of the molecule is Cc1cn(C2CCC(=O)N(C)C2)c(=S)[nH]1. The lowest BCUT2D eigenvalue weighted by Gasteiger charge is -2.30. The van der Waals surface area contributed by atoms with E-state index in [1.165, 1.54) is 0 Å². The summed E-state index contributed by atoms with van der Waals surface area (Å²) in [5, 5.41) is 0. The fraction of sp³-hybridized carbons (Fsp3) is 0.600. The highest BCUT2D eigenvalue weighted by atomic mass is 32.1. The highest BCUT2D eigenvalue weighted by Gasteiger charge is 2.24. The number of aryl methyl sites for hydroxylation is 1. The first-order valence-corrected chi connectivity index (χ1v) is 5.50. The van der Waals surface area contributed by atoms with E-state index in [1.807, 2.05) is 20.2 Å². The van der Waals surface area contributed by atoms with Crippen molar-refractivity contribution in [2.24, 2.45) is 0 Å². The molecule has 5 heteroatoms. The van der Waals surface area contributed by atoms with Crippen LogP contribution in [0.5, 0.6) is 0 Å². The van der Waals surface area contributed by atoms with Gasteiger partial charge >= 0.3 is 0 Å². The van der Waals surface area contributed by atoms with Crippen molar-refractivity contribution in [1.82, 2.24) is 14.5 Å². The van der Waals surface area contributed by atoms with Crippen molar-refractivity contribution in [3.05, 3.63) is 16.7 Å². The number of piperidine rings is 1. The molecule has 2 rings (SSSR count). The highest BCUT2D eigenvalue weighted by molar-refractivity contribution is 7.71. The molecule has 1 amide bonds. The molecule has 15 heavy (non-hydrogen) atoms. The number of carbonyl (C=O) groups is 1. The van der Waals surface area contributed by atoms with Gasteiger partial charge in [0.05, 0.1) is 6.04 Å². The number of nitrogens with one attached hydrogen (secondary N) is 1. The molecule has 1 saturated heterocycles. The number of hydrogen-bond donors (Lipinski definition) is 1. The Hall–Kier alpha value is -1.10. The number of amides is 1. The van der Waals surface area contributed by atoms with E-state index < -0.39 is 0 Å². The lowest BCUT2D eigenvalue weighted by Crippen LogP contribution is -2.37. The summed E-state index contributed by atoms with van der Waals surface area (Å²) >= 11 is 5.23. The zero-order valence-electron chi connectivity index (χ0n) is 8.99. The van der Waals surface area contributed by atoms with Gasteiger partial charge in [-0.2, -0.15) is 0 Å². The summed E-state index contributed by atoms with van der Waals surface area (Å²) in [6, 6.07) is 0.324. The van der Waals surface area contributed by atoms with Gasteiger partial charge in [0.15, 0.2) is 4.77 Å². The summed E-state index contributed by atoms with van der Waals surface area (Å²) in [5.74, 6) is 0.227. The predicted octanol–water partition coefficient (Wildman–Crippen LogP) is 1.65. The Balaban J connectivity index is 2.22. The lowest BCUT2D eigenvalue weighted by molar-refractivity contribution is -0.132. The number of likely N-dealkylation sites (tertiary alicyclic amines) is 1. The Morgan fingerprint density at radius 3 is 2.87 bits per heavy atom. The van der Waals surface area contributed by atoms with E-state index in [4.69, 9.17) is 12.2 Å². The van der Waals surface area contributed by atoms with E-state index in [2.05, 4.69) is 9.55 Å². The van der Waals surface area contributed by atoms with Gasteiger partial charge in [0.25, 0.3) is 0 Å². The van der Waals surface area contributed by atoms with Crippen molar-refractivity contribution >= 4 is 18.1 Å². The van der Waals surface area contributed by atoms with Crippen molar-refractivity contribution in [2.75, 3.05) is 13.6 Å². The summed E-state index contributed by atoms with van der Waals surface area (Å²) < 4.78 is 2.81. The molecule has 1 aromatic heterocycles. The second-order valence-corrected chi connectivity index (χ2v) is 4.50. The van der Waals surface area contributed by atoms with Crippen LogP contribution in [-0.2, 0) is 4.79 Å². The number of carbonyl (C=O) groups excluding carboxylic acids is 1. The maximum atomic E-state index is 11.3. The number of aromatic amines is 1. The highest BCUT2D eigenvalue weighted by Crippen LogP contribution is 2.21. The number of H-pyrrole nitrogens is 1. The van der Waals surface area contributed by atoms with Crippen LogP contribution < -0.4 is 0 Å². The Bertz CT molecular complexity index is 434. The van der Waals surface area contributed by atoms with E-state index in [0.29, 0.717) is 12.5 Å². The molecule has 1 aliphatic rings. The number of imidazole rings is 1. The molecule has 0 aliphatic carbocycles. The number of likely N-dealkylation sites (N-methyl/N-ethyl adjacent to an activating group) is 1. The molecule has 0 spiro atoms. The van der Waals surface area contributed by atoms with Crippen LogP contribution in [-0.4, -0.2) is 34.0 Å². The fourth-order valence-corrected chi connectivity index (χ4v) is 2.38. The molecule has 0 saturated carbocycles. The van der Waals surface area contributed by atoms with Gasteiger partial charge in [-0.05, 0) is 25.6 Å². The summed E-state index contributed by atoms with van der Waals surface area (Å²) in [4.78, 5) is 16.2. The van der Waals surface area contributed by atoms with Crippen molar-refractivity contribution in [3.63, 3.8) is 0 Å². The molecular weight excluding hydrogens is 210 g/mol. The topological polar surface area (TPSA) is 41.0 Å². The number of nitrogens with zero attached hydrogens (tertiary/aromatic N) is 2. The van der Waals surface area contributed by atoms with Crippen molar-refractivity contribution < 1.29 is 4.79 Å². The molecule has 4 nitrogen and oxygen atoms in total. The number of rotatable bonds is 1. The van der Waals surface area contributed by atoms with E-state index in [9.17, 15) is 4.79 Å². The summed E-state index contributed by atoms with van der Waals surface area (Å²) in [6.45, 7) is 2.74. The molecule has 1 N–H and O–H groups in total. The van der Waals surface area contributed by atoms with Crippen LogP contribution in [0.4, 0.5) is 0 Å². The average molecular weight is 225 g/mol. The van der Waals surface area contributed by atoms with E-state index in [0.717, 1.165) is 23.4 Å². The first kappa shape index (κ1) is 10.4. The third kappa shape index (κ3) is 1.97. The fourth-order valence-electron chi connectivity index (χ4n) is 2.02. The molecule has 0 radical (unpaired) electrons. The number of hydrogen-bond acceptors (Lipinski definition) is 2. The van der Waals surface area contributed by atoms with E-state index >= 15 is 0 Å². The first-order valence-electron chi connectivity index (χ1n) is 5.09. The van der Waals surface area contributed by atoms with Crippen LogP contribution >= 0.6 is 12.2 Å². The van der Waals surface area contributed by atoms with Crippen LogP contribution in [0.1, 0.15) is 24.6 Å². The van der Waals surface area contributed by atoms with Crippen molar-refractivity contribution in [3.8, 4) is 0 Å². The summed E-state index contributed by atoms with van der Waals surface area (Å²) in [5.41, 5.74) is 1.07. The van der Waals surface area contributed by atoms with Gasteiger partial charge in [0.1, 0.15) is 0 Å². The third-order valence-electron chi connectivity index (χ3n) is 2.87. The maximum Gasteiger partial charge on any atom is 0.222 e. The van der Waals surface area contributed by atoms with Crippen molar-refractivity contribution in [1.29, 1.82) is 0 Å². The van der Waals surface area contributed by atoms with Gasteiger partial charge in [-0.3, -0.25) is 4.79 Å². The van der Waals surface area contributed by atoms with E-state index in [1.54, 1.807) is 4.90 Å².